The van der Waals surface area contributed by atoms with Gasteiger partial charge in [-0.1, -0.05) is 89.7 Å². The second-order valence-corrected chi connectivity index (χ2v) is 5.79. The summed E-state index contributed by atoms with van der Waals surface area (Å²) in [5, 5.41) is 0. The Balaban J connectivity index is 2.97. The molecule has 1 heteroatoms. The highest BCUT2D eigenvalue weighted by atomic mass is 16.5. The molecule has 20 heavy (non-hydrogen) atoms. The third kappa shape index (κ3) is 17.7. The number of unbranched alkanes of at least 4 members (excludes halogenated alkanes) is 12. The molecular weight excluding hydrogens is 244 g/mol. The van der Waals surface area contributed by atoms with E-state index < -0.39 is 0 Å². The van der Waals surface area contributed by atoms with E-state index in [1.54, 1.807) is 7.11 Å². The molecule has 0 aliphatic rings. The predicted octanol–water partition coefficient (Wildman–Crippen LogP) is 6.83. The summed E-state index contributed by atoms with van der Waals surface area (Å²) in [6.45, 7) is 4.12. The summed E-state index contributed by atoms with van der Waals surface area (Å²) < 4.78 is 4.88. The van der Waals surface area contributed by atoms with Crippen LogP contribution in [-0.4, -0.2) is 7.11 Å². The van der Waals surface area contributed by atoms with Crippen LogP contribution in [0.3, 0.4) is 0 Å². The Hall–Kier alpha value is -0.300. The zero-order valence-corrected chi connectivity index (χ0v) is 14.0. The fourth-order valence-corrected chi connectivity index (χ4v) is 2.47. The van der Waals surface area contributed by atoms with E-state index in [-0.39, 0.29) is 0 Å². The molecular formula is C19H37O. The maximum atomic E-state index is 4.88. The van der Waals surface area contributed by atoms with E-state index in [0.717, 1.165) is 6.42 Å². The maximum absolute atomic E-state index is 4.88. The first-order valence-electron chi connectivity index (χ1n) is 8.91. The summed E-state index contributed by atoms with van der Waals surface area (Å²) in [6, 6.07) is 0. The number of hydrogen-bond donors (Lipinski definition) is 0. The fraction of sp³-hybridized carbons (Fsp3) is 0.842. The molecule has 0 amide bonds. The van der Waals surface area contributed by atoms with Crippen LogP contribution >= 0.6 is 0 Å². The average Bonchev–Trinajstić information content (AvgIpc) is 2.47. The summed E-state index contributed by atoms with van der Waals surface area (Å²) in [7, 11) is 1.71. The molecule has 0 aromatic rings. The van der Waals surface area contributed by atoms with Gasteiger partial charge in [-0.3, -0.25) is 0 Å². The Morgan fingerprint density at radius 1 is 0.650 bits per heavy atom. The van der Waals surface area contributed by atoms with E-state index in [0.29, 0.717) is 0 Å². The highest BCUT2D eigenvalue weighted by Crippen LogP contribution is 2.12. The lowest BCUT2D eigenvalue weighted by molar-refractivity contribution is 0.273. The molecule has 0 bridgehead atoms. The SMILES string of the molecule is CCCCCCCCCCCCCCC=CC[CH]OC. The van der Waals surface area contributed by atoms with Gasteiger partial charge in [-0.25, -0.2) is 0 Å². The summed E-state index contributed by atoms with van der Waals surface area (Å²) in [4.78, 5) is 0. The van der Waals surface area contributed by atoms with Gasteiger partial charge < -0.3 is 4.74 Å². The predicted molar refractivity (Wildman–Crippen MR) is 90.8 cm³/mol. The molecule has 1 nitrogen and oxygen atoms in total. The third-order valence-corrected chi connectivity index (χ3v) is 3.79. The quantitative estimate of drug-likeness (QED) is 0.222. The van der Waals surface area contributed by atoms with E-state index >= 15 is 0 Å². The van der Waals surface area contributed by atoms with Crippen molar-refractivity contribution in [1.82, 2.24) is 0 Å². The monoisotopic (exact) mass is 281 g/mol. The van der Waals surface area contributed by atoms with Crippen LogP contribution < -0.4 is 0 Å². The molecule has 0 N–H and O–H groups in total. The van der Waals surface area contributed by atoms with Crippen molar-refractivity contribution in [2.45, 2.75) is 96.8 Å². The van der Waals surface area contributed by atoms with Gasteiger partial charge in [0.2, 0.25) is 0 Å². The van der Waals surface area contributed by atoms with Crippen molar-refractivity contribution in [3.63, 3.8) is 0 Å². The van der Waals surface area contributed by atoms with Crippen molar-refractivity contribution in [3.8, 4) is 0 Å². The third-order valence-electron chi connectivity index (χ3n) is 3.79. The zero-order chi connectivity index (χ0) is 14.7. The van der Waals surface area contributed by atoms with Crippen molar-refractivity contribution < 1.29 is 4.74 Å². The Bertz CT molecular complexity index is 186. The number of ether oxygens (including phenoxy) is 1. The van der Waals surface area contributed by atoms with Crippen molar-refractivity contribution in [2.75, 3.05) is 7.11 Å². The van der Waals surface area contributed by atoms with Crippen molar-refractivity contribution in [1.29, 1.82) is 0 Å². The average molecular weight is 282 g/mol. The van der Waals surface area contributed by atoms with Crippen LogP contribution in [0.2, 0.25) is 0 Å². The van der Waals surface area contributed by atoms with Crippen LogP contribution in [0.1, 0.15) is 96.8 Å². The zero-order valence-electron chi connectivity index (χ0n) is 14.0. The van der Waals surface area contributed by atoms with Crippen LogP contribution in [0, 0.1) is 6.61 Å². The Labute approximate surface area is 128 Å². The highest BCUT2D eigenvalue weighted by molar-refractivity contribution is 4.83. The van der Waals surface area contributed by atoms with E-state index in [2.05, 4.69) is 19.1 Å². The van der Waals surface area contributed by atoms with Gasteiger partial charge in [0.05, 0.1) is 6.61 Å². The van der Waals surface area contributed by atoms with Gasteiger partial charge in [0, 0.05) is 7.11 Å². The van der Waals surface area contributed by atoms with Crippen LogP contribution in [0.5, 0.6) is 0 Å². The lowest BCUT2D eigenvalue weighted by Gasteiger charge is -2.02. The molecule has 0 aliphatic heterocycles. The Morgan fingerprint density at radius 2 is 1.15 bits per heavy atom. The fourth-order valence-electron chi connectivity index (χ4n) is 2.47. The normalized spacial score (nSPS) is 11.5. The molecule has 0 aliphatic carbocycles. The minimum absolute atomic E-state index is 0.939. The number of allylic oxidation sites excluding steroid dienone is 1. The van der Waals surface area contributed by atoms with Crippen molar-refractivity contribution in [2.24, 2.45) is 0 Å². The van der Waals surface area contributed by atoms with Gasteiger partial charge in [0.1, 0.15) is 0 Å². The minimum Gasteiger partial charge on any atom is -0.378 e. The first kappa shape index (κ1) is 19.7. The molecule has 0 aromatic carbocycles. The Kier molecular flexibility index (Phi) is 18.4. The molecule has 0 saturated carbocycles. The molecule has 0 aromatic heterocycles. The largest absolute Gasteiger partial charge is 0.378 e. The molecule has 119 valence electrons. The smallest absolute Gasteiger partial charge is 0.0870 e. The van der Waals surface area contributed by atoms with Gasteiger partial charge >= 0.3 is 0 Å². The van der Waals surface area contributed by atoms with E-state index in [4.69, 9.17) is 4.74 Å². The van der Waals surface area contributed by atoms with Crippen molar-refractivity contribution >= 4 is 0 Å². The van der Waals surface area contributed by atoms with Crippen LogP contribution in [0.4, 0.5) is 0 Å². The Morgan fingerprint density at radius 3 is 1.65 bits per heavy atom. The van der Waals surface area contributed by atoms with E-state index in [1.165, 1.54) is 83.5 Å². The molecule has 1 radical (unpaired) electrons. The van der Waals surface area contributed by atoms with Gasteiger partial charge in [0.25, 0.3) is 0 Å². The van der Waals surface area contributed by atoms with Crippen LogP contribution in [0.25, 0.3) is 0 Å². The van der Waals surface area contributed by atoms with Crippen molar-refractivity contribution in [3.05, 3.63) is 18.8 Å². The maximum Gasteiger partial charge on any atom is 0.0870 e. The van der Waals surface area contributed by atoms with Gasteiger partial charge in [-0.15, -0.1) is 0 Å². The molecule has 0 unspecified atom stereocenters. The lowest BCUT2D eigenvalue weighted by atomic mass is 10.0. The first-order valence-corrected chi connectivity index (χ1v) is 8.91. The molecule has 0 fully saturated rings. The van der Waals surface area contributed by atoms with Crippen LogP contribution in [-0.2, 0) is 4.74 Å². The molecule has 0 atom stereocenters. The molecule has 0 spiro atoms. The first-order chi connectivity index (χ1) is 9.91. The number of rotatable bonds is 16. The second-order valence-electron chi connectivity index (χ2n) is 5.79. The molecule has 0 rings (SSSR count). The van der Waals surface area contributed by atoms with E-state index in [9.17, 15) is 0 Å². The van der Waals surface area contributed by atoms with Gasteiger partial charge in [-0.05, 0) is 19.3 Å². The molecule has 0 heterocycles. The summed E-state index contributed by atoms with van der Waals surface area (Å²) in [6.07, 6.45) is 23.8. The van der Waals surface area contributed by atoms with E-state index in [1.807, 2.05) is 6.61 Å². The van der Waals surface area contributed by atoms with Gasteiger partial charge in [0.15, 0.2) is 0 Å². The summed E-state index contributed by atoms with van der Waals surface area (Å²) >= 11 is 0. The summed E-state index contributed by atoms with van der Waals surface area (Å²) in [5.74, 6) is 0. The number of hydrogen-bond acceptors (Lipinski definition) is 1. The van der Waals surface area contributed by atoms with Gasteiger partial charge in [-0.2, -0.15) is 0 Å². The standard InChI is InChI=1S/C19H37O/c1-3-4-5-6-7-8-9-10-11-12-13-14-15-16-17-18-19-20-2/h16-17,19H,3-15,18H2,1-2H3. The summed E-state index contributed by atoms with van der Waals surface area (Å²) in [5.41, 5.74) is 0. The second kappa shape index (κ2) is 18.7. The topological polar surface area (TPSA) is 9.23 Å². The highest BCUT2D eigenvalue weighted by Gasteiger charge is 1.92. The lowest BCUT2D eigenvalue weighted by Crippen LogP contribution is -1.82. The number of methoxy groups -OCH3 is 1. The van der Waals surface area contributed by atoms with Crippen LogP contribution in [0.15, 0.2) is 12.2 Å². The minimum atomic E-state index is 0.939. The molecule has 0 saturated heterocycles.